The first-order valence-electron chi connectivity index (χ1n) is 10.5. The highest BCUT2D eigenvalue weighted by Crippen LogP contribution is 2.24. The maximum atomic E-state index is 13.1. The zero-order valence-electron chi connectivity index (χ0n) is 18.1. The van der Waals surface area contributed by atoms with Crippen LogP contribution in [0.25, 0.3) is 5.65 Å². The van der Waals surface area contributed by atoms with Gasteiger partial charge in [0.1, 0.15) is 10.7 Å². The molecule has 0 bridgehead atoms. The van der Waals surface area contributed by atoms with Crippen molar-refractivity contribution >= 4 is 39.7 Å². The van der Waals surface area contributed by atoms with Gasteiger partial charge in [0.2, 0.25) is 0 Å². The lowest BCUT2D eigenvalue weighted by Crippen LogP contribution is -2.46. The van der Waals surface area contributed by atoms with Crippen LogP contribution in [0.15, 0.2) is 50.2 Å². The number of rotatable bonds is 7. The molecule has 1 aliphatic rings. The first kappa shape index (κ1) is 24.6. The van der Waals surface area contributed by atoms with E-state index in [0.29, 0.717) is 19.4 Å². The summed E-state index contributed by atoms with van der Waals surface area (Å²) < 4.78 is 29.8. The van der Waals surface area contributed by atoms with Crippen molar-refractivity contribution in [1.82, 2.24) is 18.5 Å². The Hall–Kier alpha value is -2.04. The minimum Gasteiger partial charge on any atom is -0.294 e. The van der Waals surface area contributed by atoms with Gasteiger partial charge in [-0.25, -0.2) is 18.2 Å². The summed E-state index contributed by atoms with van der Waals surface area (Å²) in [5.74, 6) is 0.542. The van der Waals surface area contributed by atoms with Gasteiger partial charge in [0.15, 0.2) is 9.84 Å². The highest BCUT2D eigenvalue weighted by molar-refractivity contribution is 7.99. The zero-order chi connectivity index (χ0) is 22.2. The fourth-order valence-corrected chi connectivity index (χ4v) is 6.91. The molecule has 1 aliphatic heterocycles. The number of halogens is 1. The van der Waals surface area contributed by atoms with Gasteiger partial charge in [-0.1, -0.05) is 19.9 Å². The largest absolute Gasteiger partial charge is 0.331 e. The number of sulfone groups is 1. The van der Waals surface area contributed by atoms with E-state index in [1.165, 1.54) is 9.13 Å². The van der Waals surface area contributed by atoms with Crippen molar-refractivity contribution in [3.63, 3.8) is 0 Å². The number of imidazole rings is 1. The van der Waals surface area contributed by atoms with Crippen molar-refractivity contribution in [2.24, 2.45) is 0 Å². The first-order valence-corrected chi connectivity index (χ1v) is 13.1. The Kier molecular flexibility index (Phi) is 7.57. The summed E-state index contributed by atoms with van der Waals surface area (Å²) in [6.07, 6.45) is 5.56. The molecule has 11 heteroatoms. The molecule has 0 spiro atoms. The third-order valence-electron chi connectivity index (χ3n) is 5.50. The normalized spacial score (nSPS) is 15.0. The van der Waals surface area contributed by atoms with Gasteiger partial charge >= 0.3 is 5.69 Å². The molecule has 3 aromatic heterocycles. The van der Waals surface area contributed by atoms with Crippen LogP contribution < -0.4 is 11.2 Å². The average molecular weight is 499 g/mol. The lowest BCUT2D eigenvalue weighted by atomic mass is 10.1. The number of thioether (sulfide) groups is 1. The number of aromatic nitrogens is 4. The molecule has 0 N–H and O–H groups in total. The van der Waals surface area contributed by atoms with Crippen LogP contribution in [0, 0.1) is 0 Å². The van der Waals surface area contributed by atoms with E-state index in [9.17, 15) is 18.0 Å². The van der Waals surface area contributed by atoms with Crippen LogP contribution in [0.1, 0.15) is 44.6 Å². The highest BCUT2D eigenvalue weighted by atomic mass is 35.5. The smallest absolute Gasteiger partial charge is 0.294 e. The van der Waals surface area contributed by atoms with Gasteiger partial charge in [0, 0.05) is 25.5 Å². The van der Waals surface area contributed by atoms with Crippen molar-refractivity contribution in [2.75, 3.05) is 11.5 Å². The van der Waals surface area contributed by atoms with Crippen LogP contribution in [0.3, 0.4) is 0 Å². The van der Waals surface area contributed by atoms with Gasteiger partial charge in [-0.15, -0.1) is 24.2 Å². The first-order chi connectivity index (χ1) is 14.8. The summed E-state index contributed by atoms with van der Waals surface area (Å²) in [5, 5.41) is 1.03. The van der Waals surface area contributed by atoms with E-state index in [4.69, 9.17) is 0 Å². The molecule has 0 fully saturated rings. The van der Waals surface area contributed by atoms with Gasteiger partial charge in [0.25, 0.3) is 5.56 Å². The summed E-state index contributed by atoms with van der Waals surface area (Å²) in [6.45, 7) is 4.21. The SMILES string of the molecule is CC(C)c1c2n(c(=O)n(CCCCSc3cccc4nccn34)c1=O)CCCS2(=O)=O.Cl. The fraction of sp³-hybridized carbons (Fsp3) is 0.476. The standard InChI is InChI=1S/C21H26N4O4S2.ClH/c1-15(2)18-19(26)24(21(27)25-11-6-14-31(28,29)20(18)25)10-3-4-13-30-17-8-5-7-16-22-9-12-23(16)17;/h5,7-9,12,15H,3-4,6,10-11,13-14H2,1-2H3;1H. The second-order valence-electron chi connectivity index (χ2n) is 8.01. The molecule has 0 amide bonds. The molecule has 0 atom stereocenters. The van der Waals surface area contributed by atoms with Crippen LogP contribution in [-0.4, -0.2) is 38.4 Å². The van der Waals surface area contributed by atoms with Crippen LogP contribution in [0.4, 0.5) is 0 Å². The minimum absolute atomic E-state index is 0. The maximum absolute atomic E-state index is 13.1. The maximum Gasteiger partial charge on any atom is 0.331 e. The molecule has 8 nitrogen and oxygen atoms in total. The molecule has 0 saturated heterocycles. The van der Waals surface area contributed by atoms with Crippen molar-refractivity contribution in [3.8, 4) is 0 Å². The van der Waals surface area contributed by atoms with Gasteiger partial charge in [-0.3, -0.25) is 18.3 Å². The molecule has 32 heavy (non-hydrogen) atoms. The van der Waals surface area contributed by atoms with Crippen molar-refractivity contribution in [2.45, 2.75) is 62.2 Å². The molecule has 0 aliphatic carbocycles. The summed E-state index contributed by atoms with van der Waals surface area (Å²) >= 11 is 1.70. The number of pyridine rings is 1. The van der Waals surface area contributed by atoms with Crippen LogP contribution >= 0.6 is 24.2 Å². The minimum atomic E-state index is -3.61. The molecule has 0 unspecified atom stereocenters. The topological polar surface area (TPSA) is 95.4 Å². The Balaban J connectivity index is 0.00000289. The molecule has 0 saturated carbocycles. The summed E-state index contributed by atoms with van der Waals surface area (Å²) in [5.41, 5.74) is 0.159. The quantitative estimate of drug-likeness (QED) is 0.282. The third-order valence-corrected chi connectivity index (χ3v) is 8.47. The Morgan fingerprint density at radius 1 is 1.19 bits per heavy atom. The van der Waals surface area contributed by atoms with E-state index in [0.717, 1.165) is 22.8 Å². The molecule has 174 valence electrons. The monoisotopic (exact) mass is 498 g/mol. The van der Waals surface area contributed by atoms with Crippen LogP contribution in [0.2, 0.25) is 0 Å². The van der Waals surface area contributed by atoms with E-state index in [-0.39, 0.29) is 41.2 Å². The Morgan fingerprint density at radius 2 is 1.97 bits per heavy atom. The summed E-state index contributed by atoms with van der Waals surface area (Å²) in [6, 6.07) is 5.96. The number of fused-ring (bicyclic) bond motifs is 2. The predicted octanol–water partition coefficient (Wildman–Crippen LogP) is 2.95. The summed E-state index contributed by atoms with van der Waals surface area (Å²) in [4.78, 5) is 30.3. The van der Waals surface area contributed by atoms with E-state index in [2.05, 4.69) is 4.98 Å². The lowest BCUT2D eigenvalue weighted by Gasteiger charge is -2.24. The molecular weight excluding hydrogens is 472 g/mol. The molecule has 4 heterocycles. The highest BCUT2D eigenvalue weighted by Gasteiger charge is 2.32. The van der Waals surface area contributed by atoms with E-state index >= 15 is 0 Å². The second-order valence-corrected chi connectivity index (χ2v) is 11.2. The number of hydrogen-bond donors (Lipinski definition) is 0. The second kappa shape index (κ2) is 9.84. The Labute approximate surface area is 197 Å². The number of unbranched alkanes of at least 4 members (excludes halogenated alkanes) is 1. The van der Waals surface area contributed by atoms with Crippen molar-refractivity contribution < 1.29 is 8.42 Å². The summed E-state index contributed by atoms with van der Waals surface area (Å²) in [7, 11) is -3.61. The van der Waals surface area contributed by atoms with E-state index in [1.54, 1.807) is 31.8 Å². The molecule has 0 radical (unpaired) electrons. The van der Waals surface area contributed by atoms with E-state index < -0.39 is 21.1 Å². The molecule has 4 rings (SSSR count). The third kappa shape index (κ3) is 4.53. The number of nitrogens with zero attached hydrogens (tertiary/aromatic N) is 4. The lowest BCUT2D eigenvalue weighted by molar-refractivity contribution is 0.457. The predicted molar refractivity (Wildman–Crippen MR) is 128 cm³/mol. The molecular formula is C21H27ClN4O4S2. The van der Waals surface area contributed by atoms with E-state index in [1.807, 2.05) is 28.8 Å². The zero-order valence-corrected chi connectivity index (χ0v) is 20.5. The van der Waals surface area contributed by atoms with Crippen molar-refractivity contribution in [3.05, 3.63) is 57.0 Å². The average Bonchev–Trinajstić information content (AvgIpc) is 3.20. The van der Waals surface area contributed by atoms with Crippen LogP contribution in [0.5, 0.6) is 0 Å². The van der Waals surface area contributed by atoms with Gasteiger partial charge in [-0.2, -0.15) is 0 Å². The van der Waals surface area contributed by atoms with Gasteiger partial charge in [0.05, 0.1) is 16.3 Å². The van der Waals surface area contributed by atoms with Gasteiger partial charge < -0.3 is 0 Å². The van der Waals surface area contributed by atoms with Crippen molar-refractivity contribution in [1.29, 1.82) is 0 Å². The fourth-order valence-electron chi connectivity index (χ4n) is 4.02. The molecule has 0 aromatic carbocycles. The Bertz CT molecular complexity index is 1340. The van der Waals surface area contributed by atoms with Gasteiger partial charge in [-0.05, 0) is 43.1 Å². The van der Waals surface area contributed by atoms with Crippen LogP contribution in [-0.2, 0) is 22.9 Å². The number of hydrogen-bond acceptors (Lipinski definition) is 6. The Morgan fingerprint density at radius 3 is 2.72 bits per heavy atom. The molecule has 3 aromatic rings.